The Morgan fingerprint density at radius 3 is 2.32 bits per heavy atom. The summed E-state index contributed by atoms with van der Waals surface area (Å²) >= 11 is 6.14. The molecule has 0 aliphatic heterocycles. The monoisotopic (exact) mass is 321 g/mol. The maximum Gasteiger partial charge on any atom is 0.203 e. The number of nitrogens with one attached hydrogen (secondary N) is 1. The fraction of sp³-hybridized carbons (Fsp3) is 0.294. The molecule has 0 aliphatic carbocycles. The van der Waals surface area contributed by atoms with Gasteiger partial charge in [-0.1, -0.05) is 17.7 Å². The Bertz CT molecular complexity index is 659. The summed E-state index contributed by atoms with van der Waals surface area (Å²) in [6, 6.07) is 9.60. The minimum atomic E-state index is 0.588. The number of anilines is 1. The van der Waals surface area contributed by atoms with Crippen molar-refractivity contribution >= 4 is 17.3 Å². The molecule has 0 bridgehead atoms. The normalized spacial score (nSPS) is 10.2. The van der Waals surface area contributed by atoms with Gasteiger partial charge in [-0.25, -0.2) is 0 Å². The van der Waals surface area contributed by atoms with Crippen molar-refractivity contribution in [3.63, 3.8) is 0 Å². The van der Waals surface area contributed by atoms with Gasteiger partial charge in [0, 0.05) is 22.8 Å². The Labute approximate surface area is 136 Å². The van der Waals surface area contributed by atoms with E-state index < -0.39 is 0 Å². The van der Waals surface area contributed by atoms with Crippen LogP contribution in [0.5, 0.6) is 17.2 Å². The number of hydrogen-bond acceptors (Lipinski definition) is 4. The SMILES string of the molecule is COc1ccc(CNc2cccc(Cl)c2C)c(OC)c1OC. The lowest BCUT2D eigenvalue weighted by molar-refractivity contribution is 0.322. The van der Waals surface area contributed by atoms with E-state index in [4.69, 9.17) is 25.8 Å². The second-order valence-electron chi connectivity index (χ2n) is 4.76. The molecule has 0 spiro atoms. The number of ether oxygens (including phenoxy) is 3. The lowest BCUT2D eigenvalue weighted by Crippen LogP contribution is -2.05. The van der Waals surface area contributed by atoms with E-state index >= 15 is 0 Å². The first-order valence-electron chi connectivity index (χ1n) is 6.89. The summed E-state index contributed by atoms with van der Waals surface area (Å²) in [7, 11) is 4.81. The molecule has 0 aromatic heterocycles. The standard InChI is InChI=1S/C17H20ClNO3/c1-11-13(18)6-5-7-14(11)19-10-12-8-9-15(20-2)17(22-4)16(12)21-3/h5-9,19H,10H2,1-4H3. The van der Waals surface area contributed by atoms with Crippen molar-refractivity contribution in [2.45, 2.75) is 13.5 Å². The van der Waals surface area contributed by atoms with Crippen molar-refractivity contribution in [2.24, 2.45) is 0 Å². The first kappa shape index (κ1) is 16.3. The van der Waals surface area contributed by atoms with Gasteiger partial charge in [-0.15, -0.1) is 0 Å². The molecular formula is C17H20ClNO3. The zero-order chi connectivity index (χ0) is 16.1. The van der Waals surface area contributed by atoms with E-state index in [1.807, 2.05) is 37.3 Å². The van der Waals surface area contributed by atoms with Crippen LogP contribution >= 0.6 is 11.6 Å². The highest BCUT2D eigenvalue weighted by Gasteiger charge is 2.15. The van der Waals surface area contributed by atoms with Crippen molar-refractivity contribution in [1.82, 2.24) is 0 Å². The topological polar surface area (TPSA) is 39.7 Å². The molecule has 0 fully saturated rings. The number of halogens is 1. The van der Waals surface area contributed by atoms with E-state index in [0.717, 1.165) is 21.8 Å². The van der Waals surface area contributed by atoms with Crippen LogP contribution in [0, 0.1) is 6.92 Å². The molecule has 0 saturated carbocycles. The molecule has 0 radical (unpaired) electrons. The predicted octanol–water partition coefficient (Wildman–Crippen LogP) is 4.29. The van der Waals surface area contributed by atoms with Gasteiger partial charge in [-0.2, -0.15) is 0 Å². The smallest absolute Gasteiger partial charge is 0.203 e. The summed E-state index contributed by atoms with van der Waals surface area (Å²) in [5.41, 5.74) is 2.98. The molecular weight excluding hydrogens is 302 g/mol. The Morgan fingerprint density at radius 2 is 1.68 bits per heavy atom. The van der Waals surface area contributed by atoms with Gasteiger partial charge in [-0.3, -0.25) is 0 Å². The largest absolute Gasteiger partial charge is 0.493 e. The summed E-state index contributed by atoms with van der Waals surface area (Å²) in [5, 5.41) is 4.11. The van der Waals surface area contributed by atoms with Crippen LogP contribution in [0.25, 0.3) is 0 Å². The van der Waals surface area contributed by atoms with Crippen molar-refractivity contribution in [2.75, 3.05) is 26.6 Å². The van der Waals surface area contributed by atoms with E-state index in [1.165, 1.54) is 0 Å². The Balaban J connectivity index is 2.28. The number of methoxy groups -OCH3 is 3. The molecule has 0 heterocycles. The van der Waals surface area contributed by atoms with Gasteiger partial charge in [0.05, 0.1) is 21.3 Å². The molecule has 4 nitrogen and oxygen atoms in total. The third kappa shape index (κ3) is 3.22. The molecule has 2 aromatic rings. The number of rotatable bonds is 6. The quantitative estimate of drug-likeness (QED) is 0.861. The highest BCUT2D eigenvalue weighted by Crippen LogP contribution is 2.40. The average Bonchev–Trinajstić information content (AvgIpc) is 2.55. The van der Waals surface area contributed by atoms with Crippen LogP contribution in [0.4, 0.5) is 5.69 Å². The average molecular weight is 322 g/mol. The third-order valence-electron chi connectivity index (χ3n) is 3.52. The van der Waals surface area contributed by atoms with Crippen LogP contribution in [0.1, 0.15) is 11.1 Å². The fourth-order valence-corrected chi connectivity index (χ4v) is 2.47. The molecule has 0 atom stereocenters. The molecule has 2 aromatic carbocycles. The van der Waals surface area contributed by atoms with E-state index in [9.17, 15) is 0 Å². The molecule has 0 amide bonds. The van der Waals surface area contributed by atoms with E-state index in [0.29, 0.717) is 23.8 Å². The minimum absolute atomic E-state index is 0.588. The summed E-state index contributed by atoms with van der Waals surface area (Å²) in [4.78, 5) is 0. The van der Waals surface area contributed by atoms with Gasteiger partial charge in [0.1, 0.15) is 0 Å². The zero-order valence-electron chi connectivity index (χ0n) is 13.2. The molecule has 0 unspecified atom stereocenters. The van der Waals surface area contributed by atoms with Crippen molar-refractivity contribution in [3.8, 4) is 17.2 Å². The second kappa shape index (κ2) is 7.27. The minimum Gasteiger partial charge on any atom is -0.493 e. The highest BCUT2D eigenvalue weighted by molar-refractivity contribution is 6.31. The van der Waals surface area contributed by atoms with Crippen LogP contribution in [-0.2, 0) is 6.54 Å². The Morgan fingerprint density at radius 1 is 0.955 bits per heavy atom. The zero-order valence-corrected chi connectivity index (χ0v) is 14.0. The van der Waals surface area contributed by atoms with Gasteiger partial charge in [-0.05, 0) is 36.8 Å². The predicted molar refractivity (Wildman–Crippen MR) is 89.6 cm³/mol. The molecule has 5 heteroatoms. The first-order valence-corrected chi connectivity index (χ1v) is 7.27. The van der Waals surface area contributed by atoms with Gasteiger partial charge in [0.25, 0.3) is 0 Å². The molecule has 22 heavy (non-hydrogen) atoms. The first-order chi connectivity index (χ1) is 10.6. The van der Waals surface area contributed by atoms with Crippen molar-refractivity contribution in [1.29, 1.82) is 0 Å². The van der Waals surface area contributed by atoms with E-state index in [2.05, 4.69) is 5.32 Å². The molecule has 0 aliphatic rings. The van der Waals surface area contributed by atoms with Crippen LogP contribution < -0.4 is 19.5 Å². The van der Waals surface area contributed by atoms with Crippen LogP contribution in [0.3, 0.4) is 0 Å². The highest BCUT2D eigenvalue weighted by atomic mass is 35.5. The molecule has 118 valence electrons. The lowest BCUT2D eigenvalue weighted by atomic mass is 10.1. The summed E-state index contributed by atoms with van der Waals surface area (Å²) < 4.78 is 16.2. The van der Waals surface area contributed by atoms with Crippen molar-refractivity contribution < 1.29 is 14.2 Å². The second-order valence-corrected chi connectivity index (χ2v) is 5.17. The summed E-state index contributed by atoms with van der Waals surface area (Å²) in [6.45, 7) is 2.57. The summed E-state index contributed by atoms with van der Waals surface area (Å²) in [6.07, 6.45) is 0. The third-order valence-corrected chi connectivity index (χ3v) is 3.93. The van der Waals surface area contributed by atoms with Crippen LogP contribution in [0.2, 0.25) is 5.02 Å². The maximum absolute atomic E-state index is 6.14. The lowest BCUT2D eigenvalue weighted by Gasteiger charge is -2.17. The molecule has 0 saturated heterocycles. The summed E-state index contributed by atoms with van der Waals surface area (Å²) in [5.74, 6) is 1.89. The maximum atomic E-state index is 6.14. The fourth-order valence-electron chi connectivity index (χ4n) is 2.29. The molecule has 2 rings (SSSR count). The van der Waals surface area contributed by atoms with Gasteiger partial charge in [0.15, 0.2) is 11.5 Å². The Kier molecular flexibility index (Phi) is 5.39. The van der Waals surface area contributed by atoms with Crippen molar-refractivity contribution in [3.05, 3.63) is 46.5 Å². The van der Waals surface area contributed by atoms with Gasteiger partial charge >= 0.3 is 0 Å². The van der Waals surface area contributed by atoms with E-state index in [1.54, 1.807) is 21.3 Å². The molecule has 1 N–H and O–H groups in total. The Hall–Kier alpha value is -2.07. The number of hydrogen-bond donors (Lipinski definition) is 1. The van der Waals surface area contributed by atoms with E-state index in [-0.39, 0.29) is 0 Å². The number of benzene rings is 2. The van der Waals surface area contributed by atoms with Crippen LogP contribution in [-0.4, -0.2) is 21.3 Å². The van der Waals surface area contributed by atoms with Gasteiger partial charge in [0.2, 0.25) is 5.75 Å². The van der Waals surface area contributed by atoms with Gasteiger partial charge < -0.3 is 19.5 Å². The van der Waals surface area contributed by atoms with Crippen LogP contribution in [0.15, 0.2) is 30.3 Å².